The van der Waals surface area contributed by atoms with Crippen molar-refractivity contribution in [1.82, 2.24) is 10.4 Å². The van der Waals surface area contributed by atoms with E-state index in [0.717, 1.165) is 12.0 Å². The van der Waals surface area contributed by atoms with E-state index in [0.29, 0.717) is 35.6 Å². The Morgan fingerprint density at radius 3 is 2.63 bits per heavy atom. The number of anilines is 1. The van der Waals surface area contributed by atoms with E-state index < -0.39 is 11.8 Å². The summed E-state index contributed by atoms with van der Waals surface area (Å²) in [5.41, 5.74) is 5.30. The van der Waals surface area contributed by atoms with Crippen LogP contribution in [-0.2, 0) is 6.42 Å². The first-order valence-corrected chi connectivity index (χ1v) is 9.50. The summed E-state index contributed by atoms with van der Waals surface area (Å²) in [6.45, 7) is 1.78. The number of carbonyl (C=O) groups excluding carboxylic acids is 2. The summed E-state index contributed by atoms with van der Waals surface area (Å²) in [6.07, 6.45) is 3.65. The van der Waals surface area contributed by atoms with Gasteiger partial charge in [-0.25, -0.2) is 9.82 Å². The molecule has 0 saturated carbocycles. The van der Waals surface area contributed by atoms with E-state index in [1.165, 1.54) is 30.5 Å². The van der Waals surface area contributed by atoms with Gasteiger partial charge in [-0.3, -0.25) is 14.6 Å². The van der Waals surface area contributed by atoms with Crippen LogP contribution in [0.5, 0.6) is 0 Å². The number of aryl methyl sites for hydroxylation is 1. The summed E-state index contributed by atoms with van der Waals surface area (Å²) in [4.78, 5) is 28.9. The summed E-state index contributed by atoms with van der Waals surface area (Å²) in [5.74, 6) is -0.383. The number of hydrazone groups is 1. The molecule has 2 heterocycles. The second kappa shape index (κ2) is 8.28. The van der Waals surface area contributed by atoms with Crippen LogP contribution in [0.2, 0.25) is 0 Å². The zero-order chi connectivity index (χ0) is 21.1. The fourth-order valence-corrected chi connectivity index (χ4v) is 3.39. The van der Waals surface area contributed by atoms with Crippen LogP contribution < -0.4 is 10.7 Å². The quantitative estimate of drug-likeness (QED) is 0.644. The second-order valence-electron chi connectivity index (χ2n) is 6.88. The van der Waals surface area contributed by atoms with Gasteiger partial charge in [0, 0.05) is 29.4 Å². The second-order valence-corrected chi connectivity index (χ2v) is 6.88. The van der Waals surface area contributed by atoms with Gasteiger partial charge in [0.1, 0.15) is 17.3 Å². The molecule has 0 saturated heterocycles. The highest BCUT2D eigenvalue weighted by Gasteiger charge is 2.28. The number of hydrogen-bond acceptors (Lipinski definition) is 5. The molecule has 0 radical (unpaired) electrons. The number of furan rings is 1. The van der Waals surface area contributed by atoms with Crippen LogP contribution in [0.4, 0.5) is 10.1 Å². The van der Waals surface area contributed by atoms with Gasteiger partial charge in [-0.05, 0) is 56.2 Å². The van der Waals surface area contributed by atoms with Gasteiger partial charge in [-0.15, -0.1) is 0 Å². The van der Waals surface area contributed by atoms with Crippen LogP contribution in [0.1, 0.15) is 50.8 Å². The average Bonchev–Trinajstić information content (AvgIpc) is 3.11. The van der Waals surface area contributed by atoms with Crippen molar-refractivity contribution in [2.45, 2.75) is 26.2 Å². The van der Waals surface area contributed by atoms with Crippen molar-refractivity contribution in [1.29, 1.82) is 0 Å². The fraction of sp³-hybridized carbons (Fsp3) is 0.182. The fourth-order valence-electron chi connectivity index (χ4n) is 3.39. The summed E-state index contributed by atoms with van der Waals surface area (Å²) in [5, 5.41) is 6.98. The molecule has 2 aromatic heterocycles. The number of nitrogens with one attached hydrogen (secondary N) is 2. The van der Waals surface area contributed by atoms with E-state index in [1.807, 2.05) is 0 Å². The van der Waals surface area contributed by atoms with Gasteiger partial charge < -0.3 is 9.73 Å². The lowest BCUT2D eigenvalue weighted by Crippen LogP contribution is -2.22. The number of hydrogen-bond donors (Lipinski definition) is 2. The molecule has 0 spiro atoms. The Kier molecular flexibility index (Phi) is 5.38. The van der Waals surface area contributed by atoms with Gasteiger partial charge in [-0.2, -0.15) is 5.10 Å². The molecule has 7 nitrogen and oxygen atoms in total. The third-order valence-corrected chi connectivity index (χ3v) is 4.82. The Balaban J connectivity index is 1.56. The number of nitrogens with zero attached hydrogens (tertiary/aromatic N) is 2. The van der Waals surface area contributed by atoms with Crippen molar-refractivity contribution in [3.05, 3.63) is 82.8 Å². The summed E-state index contributed by atoms with van der Waals surface area (Å²) in [6, 6.07) is 10.5. The van der Waals surface area contributed by atoms with Crippen molar-refractivity contribution in [3.63, 3.8) is 0 Å². The molecule has 0 bridgehead atoms. The number of fused-ring (bicyclic) bond motifs is 1. The maximum atomic E-state index is 13.1. The number of amides is 2. The van der Waals surface area contributed by atoms with Crippen LogP contribution in [0.3, 0.4) is 0 Å². The molecule has 0 aliphatic heterocycles. The standard InChI is InChI=1S/C22H19FN4O3/c1-13-19-16(26-27-21(28)17-5-2-3-12-24-17)6-4-7-18(19)30-20(13)22(29)25-15-10-8-14(23)9-11-15/h2-3,5,8-12H,4,6-7H2,1H3,(H,25,29)(H,27,28)/b26-16+. The highest BCUT2D eigenvalue weighted by atomic mass is 19.1. The highest BCUT2D eigenvalue weighted by molar-refractivity contribution is 6.09. The Labute approximate surface area is 172 Å². The topological polar surface area (TPSA) is 96.6 Å². The van der Waals surface area contributed by atoms with Crippen molar-refractivity contribution in [3.8, 4) is 0 Å². The van der Waals surface area contributed by atoms with E-state index in [-0.39, 0.29) is 17.3 Å². The van der Waals surface area contributed by atoms with Crippen LogP contribution in [0.25, 0.3) is 0 Å². The van der Waals surface area contributed by atoms with Crippen LogP contribution in [0.15, 0.2) is 58.2 Å². The molecule has 1 aliphatic rings. The van der Waals surface area contributed by atoms with E-state index in [4.69, 9.17) is 4.42 Å². The lowest BCUT2D eigenvalue weighted by molar-refractivity contribution is 0.0948. The monoisotopic (exact) mass is 406 g/mol. The number of aromatic nitrogens is 1. The summed E-state index contributed by atoms with van der Waals surface area (Å²) < 4.78 is 18.9. The molecule has 2 N–H and O–H groups in total. The first-order chi connectivity index (χ1) is 14.5. The largest absolute Gasteiger partial charge is 0.455 e. The van der Waals surface area contributed by atoms with Crippen molar-refractivity contribution in [2.75, 3.05) is 5.32 Å². The first kappa shape index (κ1) is 19.5. The van der Waals surface area contributed by atoms with Crippen molar-refractivity contribution in [2.24, 2.45) is 5.10 Å². The van der Waals surface area contributed by atoms with Gasteiger partial charge in [0.05, 0.1) is 5.71 Å². The molecule has 4 rings (SSSR count). The molecule has 2 amide bonds. The normalized spacial score (nSPS) is 14.3. The molecule has 30 heavy (non-hydrogen) atoms. The molecule has 8 heteroatoms. The predicted molar refractivity (Wildman–Crippen MR) is 109 cm³/mol. The summed E-state index contributed by atoms with van der Waals surface area (Å²) >= 11 is 0. The minimum atomic E-state index is -0.426. The van der Waals surface area contributed by atoms with Gasteiger partial charge in [0.15, 0.2) is 5.76 Å². The summed E-state index contributed by atoms with van der Waals surface area (Å²) in [7, 11) is 0. The number of pyridine rings is 1. The molecule has 0 unspecified atom stereocenters. The molecular weight excluding hydrogens is 387 g/mol. The Morgan fingerprint density at radius 2 is 1.90 bits per heavy atom. The molecular formula is C22H19FN4O3. The Hall–Kier alpha value is -3.81. The SMILES string of the molecule is Cc1c(C(=O)Nc2ccc(F)cc2)oc2c1/C(=N/NC(=O)c1ccccn1)CCC2. The van der Waals surface area contributed by atoms with Crippen molar-refractivity contribution >= 4 is 23.2 Å². The molecule has 0 atom stereocenters. The van der Waals surface area contributed by atoms with Crippen molar-refractivity contribution < 1.29 is 18.4 Å². The third kappa shape index (κ3) is 3.98. The van der Waals surface area contributed by atoms with E-state index in [2.05, 4.69) is 20.8 Å². The molecule has 0 fully saturated rings. The average molecular weight is 406 g/mol. The maximum Gasteiger partial charge on any atom is 0.291 e. The zero-order valence-electron chi connectivity index (χ0n) is 16.2. The Morgan fingerprint density at radius 1 is 1.10 bits per heavy atom. The molecule has 1 aliphatic carbocycles. The highest BCUT2D eigenvalue weighted by Crippen LogP contribution is 2.30. The van der Waals surface area contributed by atoms with E-state index in [1.54, 1.807) is 25.1 Å². The van der Waals surface area contributed by atoms with Crippen LogP contribution >= 0.6 is 0 Å². The minimum absolute atomic E-state index is 0.176. The predicted octanol–water partition coefficient (Wildman–Crippen LogP) is 3.84. The molecule has 152 valence electrons. The molecule has 1 aromatic carbocycles. The van der Waals surface area contributed by atoms with Crippen LogP contribution in [-0.4, -0.2) is 22.5 Å². The lowest BCUT2D eigenvalue weighted by Gasteiger charge is -2.13. The number of halogens is 1. The molecule has 3 aromatic rings. The van der Waals surface area contributed by atoms with Crippen LogP contribution in [0, 0.1) is 12.7 Å². The third-order valence-electron chi connectivity index (χ3n) is 4.82. The number of rotatable bonds is 4. The lowest BCUT2D eigenvalue weighted by atomic mass is 9.93. The maximum absolute atomic E-state index is 13.1. The smallest absolute Gasteiger partial charge is 0.291 e. The van der Waals surface area contributed by atoms with Gasteiger partial charge in [0.25, 0.3) is 11.8 Å². The van der Waals surface area contributed by atoms with Gasteiger partial charge in [0.2, 0.25) is 0 Å². The first-order valence-electron chi connectivity index (χ1n) is 9.50. The number of carbonyl (C=O) groups is 2. The Bertz CT molecular complexity index is 1120. The van der Waals surface area contributed by atoms with E-state index in [9.17, 15) is 14.0 Å². The van der Waals surface area contributed by atoms with Gasteiger partial charge >= 0.3 is 0 Å². The number of benzene rings is 1. The zero-order valence-corrected chi connectivity index (χ0v) is 16.2. The van der Waals surface area contributed by atoms with Gasteiger partial charge in [-0.1, -0.05) is 6.07 Å². The minimum Gasteiger partial charge on any atom is -0.455 e. The van der Waals surface area contributed by atoms with E-state index >= 15 is 0 Å².